The van der Waals surface area contributed by atoms with Crippen molar-refractivity contribution >= 4 is 15.9 Å². The quantitative estimate of drug-likeness (QED) is 0.697. The van der Waals surface area contributed by atoms with Gasteiger partial charge in [-0.3, -0.25) is 4.98 Å². The summed E-state index contributed by atoms with van der Waals surface area (Å²) >= 11 is 2.72. The monoisotopic (exact) mass is 211 g/mol. The SMILES string of the molecule is [2H]c1nc([2H])c(C([2H])(F)F)c([2H])c1Br. The number of nitrogens with zero attached hydrogens (tertiary/aromatic N) is 1. The van der Waals surface area contributed by atoms with Crippen molar-refractivity contribution in [3.63, 3.8) is 0 Å². The van der Waals surface area contributed by atoms with Crippen molar-refractivity contribution in [2.24, 2.45) is 0 Å². The normalized spacial score (nSPS) is 17.1. The molecule has 0 saturated carbocycles. The van der Waals surface area contributed by atoms with Gasteiger partial charge >= 0.3 is 0 Å². The summed E-state index contributed by atoms with van der Waals surface area (Å²) in [5.41, 5.74) is -1.10. The van der Waals surface area contributed by atoms with Gasteiger partial charge in [0.1, 0.15) is 1.37 Å². The molecule has 0 radical (unpaired) electrons. The van der Waals surface area contributed by atoms with Gasteiger partial charge in [-0.25, -0.2) is 8.78 Å². The lowest BCUT2D eigenvalue weighted by molar-refractivity contribution is 0.151. The van der Waals surface area contributed by atoms with Crippen LogP contribution in [0.25, 0.3) is 0 Å². The van der Waals surface area contributed by atoms with Crippen LogP contribution in [0.15, 0.2) is 22.9 Å². The highest BCUT2D eigenvalue weighted by molar-refractivity contribution is 9.10. The van der Waals surface area contributed by atoms with Crippen LogP contribution in [0.4, 0.5) is 8.78 Å². The lowest BCUT2D eigenvalue weighted by Gasteiger charge is -1.96. The maximum absolute atomic E-state index is 12.6. The average Bonchev–Trinajstić information content (AvgIpc) is 1.97. The first-order valence-corrected chi connectivity index (χ1v) is 3.06. The maximum atomic E-state index is 12.6. The van der Waals surface area contributed by atoms with Crippen LogP contribution in [0, 0.1) is 0 Å². The van der Waals surface area contributed by atoms with Crippen molar-refractivity contribution in [3.05, 3.63) is 28.4 Å². The zero-order valence-corrected chi connectivity index (χ0v) is 6.17. The Bertz CT molecular complexity index is 379. The molecule has 0 fully saturated rings. The second-order valence-electron chi connectivity index (χ2n) is 1.41. The van der Waals surface area contributed by atoms with Crippen LogP contribution < -0.4 is 0 Å². The predicted molar refractivity (Wildman–Crippen MR) is 36.9 cm³/mol. The molecule has 10 heavy (non-hydrogen) atoms. The molecule has 0 saturated heterocycles. The fraction of sp³-hybridized carbons (Fsp3) is 0.167. The molecule has 1 aromatic heterocycles. The van der Waals surface area contributed by atoms with E-state index in [0.29, 0.717) is 0 Å². The van der Waals surface area contributed by atoms with Gasteiger partial charge in [0.05, 0.1) is 4.11 Å². The van der Waals surface area contributed by atoms with E-state index in [1.54, 1.807) is 0 Å². The molecule has 1 heterocycles. The van der Waals surface area contributed by atoms with Crippen LogP contribution in [0.2, 0.25) is 0 Å². The average molecular weight is 212 g/mol. The minimum absolute atomic E-state index is 0.240. The number of alkyl halides is 2. The van der Waals surface area contributed by atoms with E-state index < -0.39 is 30.4 Å². The number of rotatable bonds is 1. The largest absolute Gasteiger partial charge is 0.265 e. The van der Waals surface area contributed by atoms with Crippen LogP contribution in [0.1, 0.15) is 17.4 Å². The zero-order chi connectivity index (χ0) is 11.1. The number of aromatic nitrogens is 1. The van der Waals surface area contributed by atoms with Gasteiger partial charge < -0.3 is 0 Å². The smallest absolute Gasteiger partial charge is 0.263 e. The van der Waals surface area contributed by atoms with Gasteiger partial charge in [0.15, 0.2) is 0 Å². The lowest BCUT2D eigenvalue weighted by atomic mass is 10.3. The van der Waals surface area contributed by atoms with Crippen molar-refractivity contribution in [1.29, 1.82) is 0 Å². The van der Waals surface area contributed by atoms with Crippen molar-refractivity contribution in [1.82, 2.24) is 4.98 Å². The molecule has 0 N–H and O–H groups in total. The summed E-state index contributed by atoms with van der Waals surface area (Å²) in [6.07, 6.45) is -5.42. The second-order valence-corrected chi connectivity index (χ2v) is 2.20. The Morgan fingerprint density at radius 1 is 1.70 bits per heavy atom. The first-order valence-electron chi connectivity index (χ1n) is 4.26. The van der Waals surface area contributed by atoms with E-state index in [1.165, 1.54) is 0 Å². The molecule has 54 valence electrons. The number of pyridine rings is 1. The van der Waals surface area contributed by atoms with Gasteiger partial charge in [0, 0.05) is 22.4 Å². The van der Waals surface area contributed by atoms with Gasteiger partial charge in [0.2, 0.25) is 0 Å². The molecule has 0 atom stereocenters. The van der Waals surface area contributed by atoms with E-state index in [9.17, 15) is 8.78 Å². The van der Waals surface area contributed by atoms with Gasteiger partial charge in [0.25, 0.3) is 6.40 Å². The van der Waals surface area contributed by atoms with E-state index in [-0.39, 0.29) is 4.47 Å². The summed E-state index contributed by atoms with van der Waals surface area (Å²) in [6, 6.07) is -0.741. The third-order valence-corrected chi connectivity index (χ3v) is 1.12. The Balaban J connectivity index is 3.53. The highest BCUT2D eigenvalue weighted by atomic mass is 79.9. The maximum Gasteiger partial charge on any atom is 0.265 e. The first-order chi connectivity index (χ1) is 6.25. The van der Waals surface area contributed by atoms with Crippen LogP contribution in [-0.2, 0) is 0 Å². The van der Waals surface area contributed by atoms with Gasteiger partial charge in [-0.05, 0) is 22.0 Å². The summed E-state index contributed by atoms with van der Waals surface area (Å²) in [4.78, 5) is 3.17. The highest BCUT2D eigenvalue weighted by Crippen LogP contribution is 2.20. The first kappa shape index (κ1) is 3.76. The molecule has 0 aliphatic carbocycles. The molecule has 0 unspecified atom stereocenters. The molecule has 0 spiro atoms. The molecule has 1 aromatic rings. The summed E-state index contributed by atoms with van der Waals surface area (Å²) in [6.45, 7) is 0. The molecule has 1 rings (SSSR count). The molecule has 0 amide bonds. The van der Waals surface area contributed by atoms with Gasteiger partial charge in [-0.2, -0.15) is 0 Å². The molecule has 1 nitrogen and oxygen atoms in total. The summed E-state index contributed by atoms with van der Waals surface area (Å²) in [5, 5.41) is 0. The Morgan fingerprint density at radius 3 is 3.00 bits per heavy atom. The standard InChI is InChI=1S/C6H4BrF2N/c7-5-1-4(6(8)9)2-10-3-5/h1-3,6H/i1D,2D,3D,6D. The molecule has 0 aliphatic heterocycles. The van der Waals surface area contributed by atoms with Crippen molar-refractivity contribution in [2.45, 2.75) is 6.40 Å². The van der Waals surface area contributed by atoms with E-state index >= 15 is 0 Å². The minimum atomic E-state index is -4.04. The van der Waals surface area contributed by atoms with E-state index in [4.69, 9.17) is 5.48 Å². The van der Waals surface area contributed by atoms with Crippen molar-refractivity contribution in [3.8, 4) is 0 Å². The molecule has 4 heteroatoms. The summed E-state index contributed by atoms with van der Waals surface area (Å²) in [5.74, 6) is 0. The Labute approximate surface area is 70.8 Å². The van der Waals surface area contributed by atoms with Gasteiger partial charge in [-0.15, -0.1) is 0 Å². The Kier molecular flexibility index (Phi) is 1.15. The Hall–Kier alpha value is -0.510. The fourth-order valence-corrected chi connectivity index (χ4v) is 0.675. The third-order valence-electron chi connectivity index (χ3n) is 0.745. The van der Waals surface area contributed by atoms with E-state index in [1.807, 2.05) is 0 Å². The van der Waals surface area contributed by atoms with Crippen LogP contribution in [0.3, 0.4) is 0 Å². The van der Waals surface area contributed by atoms with E-state index in [0.717, 1.165) is 0 Å². The van der Waals surface area contributed by atoms with Crippen molar-refractivity contribution in [2.75, 3.05) is 0 Å². The fourth-order valence-electron chi connectivity index (χ4n) is 0.388. The topological polar surface area (TPSA) is 12.9 Å². The number of halogens is 3. The third kappa shape index (κ3) is 1.73. The predicted octanol–water partition coefficient (Wildman–Crippen LogP) is 2.78. The van der Waals surface area contributed by atoms with Gasteiger partial charge in [-0.1, -0.05) is 0 Å². The van der Waals surface area contributed by atoms with Crippen LogP contribution in [-0.4, -0.2) is 4.98 Å². The Morgan fingerprint density at radius 2 is 2.40 bits per heavy atom. The molecular formula is C6H4BrF2N. The number of hydrogen-bond acceptors (Lipinski definition) is 1. The van der Waals surface area contributed by atoms with E-state index in [2.05, 4.69) is 20.9 Å². The number of hydrogen-bond donors (Lipinski definition) is 0. The molecule has 0 bridgehead atoms. The molecular weight excluding hydrogens is 204 g/mol. The second kappa shape index (κ2) is 3.05. The van der Waals surface area contributed by atoms with Crippen LogP contribution in [0.5, 0.6) is 0 Å². The summed E-state index contributed by atoms with van der Waals surface area (Å²) in [7, 11) is 0. The molecule has 0 aliphatic rings. The minimum Gasteiger partial charge on any atom is -0.263 e. The molecule has 0 aromatic carbocycles. The lowest BCUT2D eigenvalue weighted by Crippen LogP contribution is -1.84. The zero-order valence-electron chi connectivity index (χ0n) is 8.58. The summed E-state index contributed by atoms with van der Waals surface area (Å²) < 4.78 is 52.7. The highest BCUT2D eigenvalue weighted by Gasteiger charge is 2.05. The van der Waals surface area contributed by atoms with Crippen molar-refractivity contribution < 1.29 is 14.3 Å². The van der Waals surface area contributed by atoms with Crippen LogP contribution >= 0.6 is 15.9 Å².